The minimum atomic E-state index is 0.451. The van der Waals surface area contributed by atoms with Crippen LogP contribution in [-0.2, 0) is 0 Å². The van der Waals surface area contributed by atoms with E-state index >= 15 is 0 Å². The number of hydrogen-bond acceptors (Lipinski definition) is 2. The molecule has 16 heavy (non-hydrogen) atoms. The van der Waals surface area contributed by atoms with Gasteiger partial charge in [-0.25, -0.2) is 0 Å². The largest absolute Gasteiger partial charge is 0.314 e. The fourth-order valence-corrected chi connectivity index (χ4v) is 1.77. The first kappa shape index (κ1) is 13.2. The van der Waals surface area contributed by atoms with Gasteiger partial charge in [0.1, 0.15) is 0 Å². The molecule has 0 saturated carbocycles. The van der Waals surface area contributed by atoms with E-state index in [1.807, 2.05) is 6.20 Å². The molecule has 0 radical (unpaired) electrons. The van der Waals surface area contributed by atoms with Crippen LogP contribution in [0.1, 0.15) is 39.3 Å². The maximum atomic E-state index is 4.41. The Hall–Kier alpha value is -0.830. The molecule has 1 aromatic rings. The normalized spacial score (nSPS) is 13.7. The second kappa shape index (κ2) is 6.04. The van der Waals surface area contributed by atoms with Gasteiger partial charge in [0.2, 0.25) is 0 Å². The molecule has 3 nitrogen and oxygen atoms in total. The standard InChI is InChI=1S/C13H25N3/c1-10(2)6-14-8-13(11(3)4)16-9-12(5)7-15-16/h7,9-11,13-14H,6,8H2,1-5H3. The van der Waals surface area contributed by atoms with E-state index in [1.54, 1.807) is 0 Å². The zero-order chi connectivity index (χ0) is 12.1. The van der Waals surface area contributed by atoms with Gasteiger partial charge in [0.15, 0.2) is 0 Å². The van der Waals surface area contributed by atoms with Crippen molar-refractivity contribution in [1.82, 2.24) is 15.1 Å². The van der Waals surface area contributed by atoms with Crippen LogP contribution in [0.2, 0.25) is 0 Å². The Morgan fingerprint density at radius 2 is 1.94 bits per heavy atom. The van der Waals surface area contributed by atoms with Crippen molar-refractivity contribution in [3.63, 3.8) is 0 Å². The molecule has 0 saturated heterocycles. The molecule has 0 aliphatic heterocycles. The predicted octanol–water partition coefficient (Wildman–Crippen LogP) is 2.63. The van der Waals surface area contributed by atoms with Gasteiger partial charge in [-0.2, -0.15) is 5.10 Å². The van der Waals surface area contributed by atoms with Gasteiger partial charge in [0.25, 0.3) is 0 Å². The molecule has 0 amide bonds. The third-order valence-electron chi connectivity index (χ3n) is 2.75. The average Bonchev–Trinajstić information content (AvgIpc) is 2.58. The van der Waals surface area contributed by atoms with Gasteiger partial charge in [0, 0.05) is 12.7 Å². The first-order valence-electron chi connectivity index (χ1n) is 6.22. The Morgan fingerprint density at radius 1 is 1.25 bits per heavy atom. The highest BCUT2D eigenvalue weighted by Gasteiger charge is 2.15. The quantitative estimate of drug-likeness (QED) is 0.803. The number of nitrogens with one attached hydrogen (secondary N) is 1. The summed E-state index contributed by atoms with van der Waals surface area (Å²) in [7, 11) is 0. The molecule has 1 N–H and O–H groups in total. The van der Waals surface area contributed by atoms with Gasteiger partial charge in [-0.1, -0.05) is 27.7 Å². The molecular formula is C13H25N3. The maximum Gasteiger partial charge on any atom is 0.0666 e. The van der Waals surface area contributed by atoms with Crippen molar-refractivity contribution in [2.45, 2.75) is 40.7 Å². The first-order valence-corrected chi connectivity index (χ1v) is 6.22. The average molecular weight is 223 g/mol. The molecule has 0 aliphatic carbocycles. The maximum absolute atomic E-state index is 4.41. The number of hydrogen-bond donors (Lipinski definition) is 1. The van der Waals surface area contributed by atoms with E-state index in [0.717, 1.165) is 13.1 Å². The Balaban J connectivity index is 2.55. The highest BCUT2D eigenvalue weighted by molar-refractivity contribution is 5.00. The van der Waals surface area contributed by atoms with Crippen molar-refractivity contribution >= 4 is 0 Å². The van der Waals surface area contributed by atoms with Crippen molar-refractivity contribution < 1.29 is 0 Å². The molecule has 0 spiro atoms. The lowest BCUT2D eigenvalue weighted by molar-refractivity contribution is 0.324. The summed E-state index contributed by atoms with van der Waals surface area (Å²) in [6.07, 6.45) is 4.06. The Morgan fingerprint density at radius 3 is 2.38 bits per heavy atom. The minimum absolute atomic E-state index is 0.451. The Labute approximate surface area is 99.2 Å². The minimum Gasteiger partial charge on any atom is -0.314 e. The highest BCUT2D eigenvalue weighted by Crippen LogP contribution is 2.16. The molecule has 3 heteroatoms. The Bertz CT molecular complexity index is 302. The van der Waals surface area contributed by atoms with Crippen molar-refractivity contribution in [2.24, 2.45) is 11.8 Å². The molecule has 1 atom stereocenters. The molecule has 92 valence electrons. The van der Waals surface area contributed by atoms with Crippen molar-refractivity contribution in [3.05, 3.63) is 18.0 Å². The zero-order valence-electron chi connectivity index (χ0n) is 11.2. The SMILES string of the molecule is Cc1cnn(C(CNCC(C)C)C(C)C)c1. The van der Waals surface area contributed by atoms with E-state index in [-0.39, 0.29) is 0 Å². The summed E-state index contributed by atoms with van der Waals surface area (Å²) in [6, 6.07) is 0.451. The highest BCUT2D eigenvalue weighted by atomic mass is 15.3. The molecule has 0 fully saturated rings. The van der Waals surface area contributed by atoms with E-state index in [2.05, 4.69) is 55.9 Å². The molecule has 0 bridgehead atoms. The van der Waals surface area contributed by atoms with E-state index in [0.29, 0.717) is 17.9 Å². The van der Waals surface area contributed by atoms with E-state index < -0.39 is 0 Å². The van der Waals surface area contributed by atoms with Crippen molar-refractivity contribution in [3.8, 4) is 0 Å². The lowest BCUT2D eigenvalue weighted by atomic mass is 10.0. The van der Waals surface area contributed by atoms with E-state index in [1.165, 1.54) is 5.56 Å². The van der Waals surface area contributed by atoms with Gasteiger partial charge in [-0.15, -0.1) is 0 Å². The van der Waals surface area contributed by atoms with E-state index in [9.17, 15) is 0 Å². The fraction of sp³-hybridized carbons (Fsp3) is 0.769. The van der Waals surface area contributed by atoms with Gasteiger partial charge < -0.3 is 5.32 Å². The van der Waals surface area contributed by atoms with Crippen molar-refractivity contribution in [1.29, 1.82) is 0 Å². The molecule has 1 heterocycles. The summed E-state index contributed by atoms with van der Waals surface area (Å²) in [6.45, 7) is 13.1. The van der Waals surface area contributed by atoms with Crippen LogP contribution in [0.15, 0.2) is 12.4 Å². The smallest absolute Gasteiger partial charge is 0.0666 e. The predicted molar refractivity (Wildman–Crippen MR) is 68.5 cm³/mol. The van der Waals surface area contributed by atoms with Crippen LogP contribution in [-0.4, -0.2) is 22.9 Å². The molecular weight excluding hydrogens is 198 g/mol. The number of aryl methyl sites for hydroxylation is 1. The summed E-state index contributed by atoms with van der Waals surface area (Å²) < 4.78 is 2.09. The summed E-state index contributed by atoms with van der Waals surface area (Å²) in [5.41, 5.74) is 1.23. The van der Waals surface area contributed by atoms with Crippen LogP contribution in [0.3, 0.4) is 0 Å². The molecule has 0 aliphatic rings. The van der Waals surface area contributed by atoms with Crippen molar-refractivity contribution in [2.75, 3.05) is 13.1 Å². The summed E-state index contributed by atoms with van der Waals surface area (Å²) in [4.78, 5) is 0. The summed E-state index contributed by atoms with van der Waals surface area (Å²) in [5, 5.41) is 7.92. The molecule has 1 aromatic heterocycles. The van der Waals surface area contributed by atoms with Gasteiger partial charge >= 0.3 is 0 Å². The fourth-order valence-electron chi connectivity index (χ4n) is 1.77. The molecule has 1 unspecified atom stereocenters. The topological polar surface area (TPSA) is 29.9 Å². The first-order chi connectivity index (χ1) is 7.50. The lowest BCUT2D eigenvalue weighted by Crippen LogP contribution is -2.31. The second-order valence-corrected chi connectivity index (χ2v) is 5.36. The second-order valence-electron chi connectivity index (χ2n) is 5.36. The third kappa shape index (κ3) is 3.97. The summed E-state index contributed by atoms with van der Waals surface area (Å²) >= 11 is 0. The van der Waals surface area contributed by atoms with E-state index in [4.69, 9.17) is 0 Å². The van der Waals surface area contributed by atoms with Crippen LogP contribution in [0, 0.1) is 18.8 Å². The number of aromatic nitrogens is 2. The van der Waals surface area contributed by atoms with Crippen LogP contribution >= 0.6 is 0 Å². The summed E-state index contributed by atoms with van der Waals surface area (Å²) in [5.74, 6) is 1.30. The van der Waals surface area contributed by atoms with Crippen LogP contribution in [0.25, 0.3) is 0 Å². The zero-order valence-corrected chi connectivity index (χ0v) is 11.2. The van der Waals surface area contributed by atoms with Crippen LogP contribution < -0.4 is 5.32 Å². The molecule has 1 rings (SSSR count). The number of rotatable bonds is 6. The lowest BCUT2D eigenvalue weighted by Gasteiger charge is -2.22. The third-order valence-corrected chi connectivity index (χ3v) is 2.75. The van der Waals surface area contributed by atoms with Crippen LogP contribution in [0.4, 0.5) is 0 Å². The molecule has 0 aromatic carbocycles. The van der Waals surface area contributed by atoms with Gasteiger partial charge in [0.05, 0.1) is 12.2 Å². The van der Waals surface area contributed by atoms with Gasteiger partial charge in [-0.3, -0.25) is 4.68 Å². The monoisotopic (exact) mass is 223 g/mol. The Kier molecular flexibility index (Phi) is 5.00. The van der Waals surface area contributed by atoms with Gasteiger partial charge in [-0.05, 0) is 30.9 Å². The van der Waals surface area contributed by atoms with Crippen LogP contribution in [0.5, 0.6) is 0 Å². The number of nitrogens with zero attached hydrogens (tertiary/aromatic N) is 2.